The standard InChI is InChI=1S/C11H18Cl2N2O2S/c1-8(7-17-3)15(4-5-16-2)11-14-10(13)9(6-12)18-11/h8H,4-7H2,1-3H3. The van der Waals surface area contributed by atoms with Gasteiger partial charge in [0.2, 0.25) is 0 Å². The number of hydrogen-bond donors (Lipinski definition) is 0. The van der Waals surface area contributed by atoms with E-state index >= 15 is 0 Å². The van der Waals surface area contributed by atoms with Crippen molar-refractivity contribution >= 4 is 39.7 Å². The van der Waals surface area contributed by atoms with E-state index in [-0.39, 0.29) is 6.04 Å². The lowest BCUT2D eigenvalue weighted by atomic mass is 10.3. The molecule has 0 bridgehead atoms. The number of ether oxygens (including phenoxy) is 2. The normalized spacial score (nSPS) is 12.7. The van der Waals surface area contributed by atoms with E-state index in [1.54, 1.807) is 14.2 Å². The van der Waals surface area contributed by atoms with Crippen molar-refractivity contribution in [2.24, 2.45) is 0 Å². The summed E-state index contributed by atoms with van der Waals surface area (Å²) in [5, 5.41) is 1.34. The van der Waals surface area contributed by atoms with Crippen molar-refractivity contribution in [3.8, 4) is 0 Å². The number of methoxy groups -OCH3 is 2. The molecule has 0 aromatic carbocycles. The summed E-state index contributed by atoms with van der Waals surface area (Å²) in [5.74, 6) is 0.382. The maximum Gasteiger partial charge on any atom is 0.187 e. The first kappa shape index (κ1) is 16.0. The van der Waals surface area contributed by atoms with E-state index in [1.165, 1.54) is 11.3 Å². The van der Waals surface area contributed by atoms with E-state index in [4.69, 9.17) is 32.7 Å². The minimum atomic E-state index is 0.204. The fourth-order valence-corrected chi connectivity index (χ4v) is 3.15. The highest BCUT2D eigenvalue weighted by Crippen LogP contribution is 2.31. The summed E-state index contributed by atoms with van der Waals surface area (Å²) in [6.07, 6.45) is 0. The molecule has 104 valence electrons. The predicted molar refractivity (Wildman–Crippen MR) is 77.2 cm³/mol. The molecule has 1 aromatic rings. The molecule has 1 rings (SSSR count). The first-order valence-corrected chi connectivity index (χ1v) is 7.32. The third-order valence-corrected chi connectivity index (χ3v) is 4.42. The Morgan fingerprint density at radius 2 is 2.11 bits per heavy atom. The Morgan fingerprint density at radius 1 is 1.39 bits per heavy atom. The molecular formula is C11H18Cl2N2O2S. The predicted octanol–water partition coefficient (Wildman–Crippen LogP) is 3.02. The fraction of sp³-hybridized carbons (Fsp3) is 0.727. The zero-order valence-corrected chi connectivity index (χ0v) is 13.1. The van der Waals surface area contributed by atoms with Crippen LogP contribution in [0.25, 0.3) is 0 Å². The van der Waals surface area contributed by atoms with Crippen LogP contribution in [0.5, 0.6) is 0 Å². The molecule has 1 atom stereocenters. The van der Waals surface area contributed by atoms with Crippen LogP contribution < -0.4 is 4.90 Å². The Bertz CT molecular complexity index is 363. The number of halogens is 2. The number of aromatic nitrogens is 1. The van der Waals surface area contributed by atoms with Gasteiger partial charge in [-0.15, -0.1) is 11.6 Å². The van der Waals surface area contributed by atoms with Crippen LogP contribution in [0.2, 0.25) is 5.15 Å². The second kappa shape index (κ2) is 8.17. The van der Waals surface area contributed by atoms with Crippen molar-refractivity contribution in [2.75, 3.05) is 38.9 Å². The molecule has 0 saturated carbocycles. The molecule has 0 aliphatic heterocycles. The molecule has 0 saturated heterocycles. The number of rotatable bonds is 8. The highest BCUT2D eigenvalue weighted by atomic mass is 35.5. The molecule has 1 aromatic heterocycles. The largest absolute Gasteiger partial charge is 0.383 e. The number of nitrogens with zero attached hydrogens (tertiary/aromatic N) is 2. The van der Waals surface area contributed by atoms with E-state index in [0.717, 1.165) is 16.6 Å². The molecule has 0 spiro atoms. The summed E-state index contributed by atoms with van der Waals surface area (Å²) in [5.41, 5.74) is 0. The van der Waals surface area contributed by atoms with Crippen molar-refractivity contribution in [1.82, 2.24) is 4.98 Å². The van der Waals surface area contributed by atoms with E-state index < -0.39 is 0 Å². The van der Waals surface area contributed by atoms with Gasteiger partial charge < -0.3 is 14.4 Å². The van der Waals surface area contributed by atoms with E-state index in [0.29, 0.717) is 24.2 Å². The summed E-state index contributed by atoms with van der Waals surface area (Å²) in [6, 6.07) is 0.204. The number of alkyl halides is 1. The second-order valence-corrected chi connectivity index (χ2v) is 5.52. The zero-order chi connectivity index (χ0) is 13.5. The van der Waals surface area contributed by atoms with Gasteiger partial charge in [-0.25, -0.2) is 4.98 Å². The zero-order valence-electron chi connectivity index (χ0n) is 10.8. The highest BCUT2D eigenvalue weighted by molar-refractivity contribution is 7.16. The minimum absolute atomic E-state index is 0.204. The summed E-state index contributed by atoms with van der Waals surface area (Å²) in [4.78, 5) is 7.37. The van der Waals surface area contributed by atoms with Crippen molar-refractivity contribution in [2.45, 2.75) is 18.8 Å². The van der Waals surface area contributed by atoms with Crippen LogP contribution in [0.1, 0.15) is 11.8 Å². The third kappa shape index (κ3) is 4.24. The maximum atomic E-state index is 6.03. The molecule has 0 fully saturated rings. The van der Waals surface area contributed by atoms with Gasteiger partial charge in [0.25, 0.3) is 0 Å². The van der Waals surface area contributed by atoms with Crippen molar-refractivity contribution in [1.29, 1.82) is 0 Å². The molecule has 7 heteroatoms. The minimum Gasteiger partial charge on any atom is -0.383 e. The van der Waals surface area contributed by atoms with E-state index in [9.17, 15) is 0 Å². The van der Waals surface area contributed by atoms with Crippen molar-refractivity contribution < 1.29 is 9.47 Å². The Hall–Kier alpha value is -0.0700. The molecule has 1 unspecified atom stereocenters. The Labute approximate surface area is 122 Å². The average molecular weight is 313 g/mol. The van der Waals surface area contributed by atoms with Gasteiger partial charge in [-0.3, -0.25) is 0 Å². The molecule has 0 aliphatic rings. The van der Waals surface area contributed by atoms with Crippen LogP contribution in [-0.2, 0) is 15.4 Å². The van der Waals surface area contributed by atoms with Crippen molar-refractivity contribution in [3.63, 3.8) is 0 Å². The molecular weight excluding hydrogens is 295 g/mol. The Kier molecular flexibility index (Phi) is 7.26. The Morgan fingerprint density at radius 3 is 2.61 bits per heavy atom. The SMILES string of the molecule is COCCN(c1nc(Cl)c(CCl)s1)C(C)COC. The fourth-order valence-electron chi connectivity index (χ4n) is 1.55. The molecule has 0 radical (unpaired) electrons. The maximum absolute atomic E-state index is 6.03. The number of anilines is 1. The van der Waals surface area contributed by atoms with Crippen LogP contribution in [0.3, 0.4) is 0 Å². The Balaban J connectivity index is 2.85. The van der Waals surface area contributed by atoms with Gasteiger partial charge in [0.05, 0.1) is 30.0 Å². The van der Waals surface area contributed by atoms with Gasteiger partial charge in [0.1, 0.15) is 5.15 Å². The summed E-state index contributed by atoms with van der Waals surface area (Å²) < 4.78 is 10.3. The molecule has 0 N–H and O–H groups in total. The lowest BCUT2D eigenvalue weighted by Gasteiger charge is -2.28. The van der Waals surface area contributed by atoms with Gasteiger partial charge in [0, 0.05) is 20.8 Å². The average Bonchev–Trinajstić information content (AvgIpc) is 2.71. The quantitative estimate of drug-likeness (QED) is 0.691. The van der Waals surface area contributed by atoms with Gasteiger partial charge >= 0.3 is 0 Å². The molecule has 0 aliphatic carbocycles. The number of hydrogen-bond acceptors (Lipinski definition) is 5. The molecule has 1 heterocycles. The van der Waals surface area contributed by atoms with E-state index in [1.807, 2.05) is 0 Å². The smallest absolute Gasteiger partial charge is 0.187 e. The summed E-state index contributed by atoms with van der Waals surface area (Å²) in [7, 11) is 3.36. The van der Waals surface area contributed by atoms with Crippen LogP contribution in [-0.4, -0.2) is 45.0 Å². The van der Waals surface area contributed by atoms with Gasteiger partial charge in [-0.1, -0.05) is 22.9 Å². The van der Waals surface area contributed by atoms with Gasteiger partial charge in [-0.05, 0) is 6.92 Å². The summed E-state index contributed by atoms with van der Waals surface area (Å²) in [6.45, 7) is 4.07. The first-order chi connectivity index (χ1) is 8.63. The van der Waals surface area contributed by atoms with E-state index in [2.05, 4.69) is 16.8 Å². The molecule has 18 heavy (non-hydrogen) atoms. The van der Waals surface area contributed by atoms with Gasteiger partial charge in [-0.2, -0.15) is 0 Å². The first-order valence-electron chi connectivity index (χ1n) is 5.59. The monoisotopic (exact) mass is 312 g/mol. The van der Waals surface area contributed by atoms with Crippen LogP contribution in [0.15, 0.2) is 0 Å². The van der Waals surface area contributed by atoms with Crippen LogP contribution in [0.4, 0.5) is 5.13 Å². The topological polar surface area (TPSA) is 34.6 Å². The highest BCUT2D eigenvalue weighted by Gasteiger charge is 2.19. The molecule has 4 nitrogen and oxygen atoms in total. The third-order valence-electron chi connectivity index (χ3n) is 2.48. The van der Waals surface area contributed by atoms with Crippen LogP contribution >= 0.6 is 34.5 Å². The van der Waals surface area contributed by atoms with Gasteiger partial charge in [0.15, 0.2) is 5.13 Å². The lowest BCUT2D eigenvalue weighted by Crippen LogP contribution is -2.38. The summed E-state index contributed by atoms with van der Waals surface area (Å²) >= 11 is 13.4. The number of thiazole rings is 1. The van der Waals surface area contributed by atoms with Crippen LogP contribution in [0, 0.1) is 0 Å². The van der Waals surface area contributed by atoms with Crippen molar-refractivity contribution in [3.05, 3.63) is 10.0 Å². The lowest BCUT2D eigenvalue weighted by molar-refractivity contribution is 0.171. The second-order valence-electron chi connectivity index (χ2n) is 3.83. The molecule has 0 amide bonds.